The Bertz CT molecular complexity index is 1360. The maximum atomic E-state index is 13.4. The van der Waals surface area contributed by atoms with Gasteiger partial charge in [0, 0.05) is 17.5 Å². The summed E-state index contributed by atoms with van der Waals surface area (Å²) in [5.41, 5.74) is 3.82. The number of fused-ring (bicyclic) bond motifs is 1. The zero-order chi connectivity index (χ0) is 22.9. The van der Waals surface area contributed by atoms with Gasteiger partial charge in [0.25, 0.3) is 5.91 Å². The molecule has 1 unspecified atom stereocenters. The van der Waals surface area contributed by atoms with E-state index < -0.39 is 6.04 Å². The Morgan fingerprint density at radius 3 is 2.61 bits per heavy atom. The lowest BCUT2D eigenvalue weighted by Crippen LogP contribution is -2.31. The summed E-state index contributed by atoms with van der Waals surface area (Å²) in [4.78, 5) is 22.2. The van der Waals surface area contributed by atoms with Crippen LogP contribution < -0.4 is 10.6 Å². The number of nitrogens with one attached hydrogen (secondary N) is 2. The molecule has 164 valence electrons. The molecule has 0 fully saturated rings. The molecule has 1 atom stereocenters. The molecule has 1 amide bonds. The number of hydrogen-bond acceptors (Lipinski definition) is 5. The molecule has 4 aromatic rings. The van der Waals surface area contributed by atoms with E-state index in [4.69, 9.17) is 5.10 Å². The topological polar surface area (TPSA) is 84.7 Å². The summed E-state index contributed by atoms with van der Waals surface area (Å²) < 4.78 is 15.1. The third kappa shape index (κ3) is 3.98. The Balaban J connectivity index is 1.61. The predicted molar refractivity (Wildman–Crippen MR) is 124 cm³/mol. The molecule has 1 aliphatic heterocycles. The molecule has 2 aromatic heterocycles. The zero-order valence-corrected chi connectivity index (χ0v) is 18.1. The number of carbonyl (C=O) groups is 1. The van der Waals surface area contributed by atoms with Crippen molar-refractivity contribution in [1.29, 1.82) is 0 Å². The first kappa shape index (κ1) is 20.6. The van der Waals surface area contributed by atoms with Crippen LogP contribution in [0.25, 0.3) is 11.4 Å². The van der Waals surface area contributed by atoms with Gasteiger partial charge in [0.1, 0.15) is 17.7 Å². The number of benzene rings is 2. The highest BCUT2D eigenvalue weighted by atomic mass is 19.1. The maximum Gasteiger partial charge on any atom is 0.257 e. The molecule has 8 heteroatoms. The number of rotatable bonds is 4. The van der Waals surface area contributed by atoms with Crippen molar-refractivity contribution in [3.05, 3.63) is 101 Å². The number of nitrogens with zero attached hydrogens (tertiary/aromatic N) is 4. The second-order valence-electron chi connectivity index (χ2n) is 7.86. The summed E-state index contributed by atoms with van der Waals surface area (Å²) in [6.07, 6.45) is 1.62. The van der Waals surface area contributed by atoms with Crippen LogP contribution in [-0.2, 0) is 4.79 Å². The summed E-state index contributed by atoms with van der Waals surface area (Å²) in [6.45, 7) is 3.84. The summed E-state index contributed by atoms with van der Waals surface area (Å²) in [7, 11) is 0. The fourth-order valence-electron chi connectivity index (χ4n) is 3.94. The van der Waals surface area contributed by atoms with Crippen LogP contribution in [0.2, 0.25) is 0 Å². The Hall–Kier alpha value is -4.33. The molecule has 7 nitrogen and oxygen atoms in total. The van der Waals surface area contributed by atoms with Crippen LogP contribution in [0.4, 0.5) is 16.2 Å². The minimum atomic E-state index is -0.508. The van der Waals surface area contributed by atoms with Gasteiger partial charge in [0.2, 0.25) is 5.95 Å². The molecule has 0 radical (unpaired) electrons. The van der Waals surface area contributed by atoms with Crippen LogP contribution >= 0.6 is 0 Å². The molecule has 0 spiro atoms. The Labute approximate surface area is 190 Å². The van der Waals surface area contributed by atoms with E-state index in [1.807, 2.05) is 44.2 Å². The predicted octanol–water partition coefficient (Wildman–Crippen LogP) is 4.72. The summed E-state index contributed by atoms with van der Waals surface area (Å²) in [6, 6.07) is 18.8. The van der Waals surface area contributed by atoms with Crippen molar-refractivity contribution in [2.45, 2.75) is 19.9 Å². The Morgan fingerprint density at radius 1 is 1.06 bits per heavy atom. The number of halogens is 1. The number of anilines is 2. The molecule has 1 aliphatic rings. The summed E-state index contributed by atoms with van der Waals surface area (Å²) >= 11 is 0. The summed E-state index contributed by atoms with van der Waals surface area (Å²) in [5, 5.41) is 10.8. The van der Waals surface area contributed by atoms with Gasteiger partial charge >= 0.3 is 0 Å². The maximum absolute atomic E-state index is 13.4. The number of hydrogen-bond donors (Lipinski definition) is 2. The van der Waals surface area contributed by atoms with E-state index in [1.165, 1.54) is 12.1 Å². The molecule has 0 saturated heterocycles. The van der Waals surface area contributed by atoms with Gasteiger partial charge in [-0.25, -0.2) is 14.1 Å². The minimum absolute atomic E-state index is 0.283. The third-order valence-electron chi connectivity index (χ3n) is 5.46. The molecule has 0 saturated carbocycles. The average Bonchev–Trinajstić information content (AvgIpc) is 3.22. The normalized spacial score (nSPS) is 15.1. The average molecular weight is 440 g/mol. The van der Waals surface area contributed by atoms with Crippen molar-refractivity contribution in [3.63, 3.8) is 0 Å². The zero-order valence-electron chi connectivity index (χ0n) is 18.1. The van der Waals surface area contributed by atoms with Gasteiger partial charge in [-0.1, -0.05) is 35.9 Å². The van der Waals surface area contributed by atoms with Gasteiger partial charge < -0.3 is 10.6 Å². The smallest absolute Gasteiger partial charge is 0.257 e. The first-order valence-corrected chi connectivity index (χ1v) is 10.5. The van der Waals surface area contributed by atoms with Crippen molar-refractivity contribution < 1.29 is 9.18 Å². The second-order valence-corrected chi connectivity index (χ2v) is 7.86. The molecule has 33 heavy (non-hydrogen) atoms. The third-order valence-corrected chi connectivity index (χ3v) is 5.46. The molecule has 2 aromatic carbocycles. The lowest BCUT2D eigenvalue weighted by molar-refractivity contribution is -0.113. The minimum Gasteiger partial charge on any atom is -0.328 e. The van der Waals surface area contributed by atoms with Gasteiger partial charge in [-0.2, -0.15) is 4.98 Å². The number of aryl methyl sites for hydroxylation is 1. The fourth-order valence-corrected chi connectivity index (χ4v) is 3.94. The molecular weight excluding hydrogens is 419 g/mol. The lowest BCUT2D eigenvalue weighted by atomic mass is 9.94. The number of allylic oxidation sites excluding steroid dienone is 1. The fraction of sp³-hybridized carbons (Fsp3) is 0.120. The van der Waals surface area contributed by atoms with Gasteiger partial charge in [-0.15, -0.1) is 5.10 Å². The highest BCUT2D eigenvalue weighted by Crippen LogP contribution is 2.37. The molecular formula is C25H21FN6O. The molecule has 0 aliphatic carbocycles. The number of carbonyl (C=O) groups excluding carboxylic acids is 1. The quantitative estimate of drug-likeness (QED) is 0.480. The van der Waals surface area contributed by atoms with Crippen molar-refractivity contribution in [2.24, 2.45) is 0 Å². The van der Waals surface area contributed by atoms with E-state index in [1.54, 1.807) is 35.1 Å². The SMILES string of the molecule is CC1=C(C(=O)Nc2ccccn2)C(c2cccc(C)c2)n2nc(-c3ccc(F)cc3)nc2N1. The van der Waals surface area contributed by atoms with Gasteiger partial charge in [-0.3, -0.25) is 4.79 Å². The number of pyridine rings is 1. The van der Waals surface area contributed by atoms with E-state index in [-0.39, 0.29) is 11.7 Å². The highest BCUT2D eigenvalue weighted by molar-refractivity contribution is 6.05. The molecule has 3 heterocycles. The van der Waals surface area contributed by atoms with Crippen molar-refractivity contribution in [3.8, 4) is 11.4 Å². The van der Waals surface area contributed by atoms with Gasteiger partial charge in [-0.05, 0) is 55.8 Å². The highest BCUT2D eigenvalue weighted by Gasteiger charge is 2.34. The van der Waals surface area contributed by atoms with Gasteiger partial charge in [0.15, 0.2) is 5.82 Å². The molecule has 2 N–H and O–H groups in total. The molecule has 5 rings (SSSR count). The second kappa shape index (κ2) is 8.31. The van der Waals surface area contributed by atoms with E-state index >= 15 is 0 Å². The van der Waals surface area contributed by atoms with E-state index in [9.17, 15) is 9.18 Å². The van der Waals surface area contributed by atoms with Crippen LogP contribution in [-0.4, -0.2) is 25.7 Å². The largest absolute Gasteiger partial charge is 0.328 e. The van der Waals surface area contributed by atoms with Crippen molar-refractivity contribution in [2.75, 3.05) is 10.6 Å². The van der Waals surface area contributed by atoms with Crippen molar-refractivity contribution >= 4 is 17.7 Å². The number of aromatic nitrogens is 4. The number of amides is 1. The summed E-state index contributed by atoms with van der Waals surface area (Å²) in [5.74, 6) is 0.795. The van der Waals surface area contributed by atoms with E-state index in [0.29, 0.717) is 34.4 Å². The van der Waals surface area contributed by atoms with Crippen LogP contribution in [0.5, 0.6) is 0 Å². The van der Waals surface area contributed by atoms with Crippen molar-refractivity contribution in [1.82, 2.24) is 19.7 Å². The van der Waals surface area contributed by atoms with Gasteiger partial charge in [0.05, 0.1) is 5.57 Å². The first-order chi connectivity index (χ1) is 16.0. The molecule has 0 bridgehead atoms. The monoisotopic (exact) mass is 440 g/mol. The lowest BCUT2D eigenvalue weighted by Gasteiger charge is -2.28. The van der Waals surface area contributed by atoms with E-state index in [2.05, 4.69) is 20.6 Å². The van der Waals surface area contributed by atoms with Crippen LogP contribution in [0.3, 0.4) is 0 Å². The standard InChI is InChI=1S/C25H21FN6O/c1-15-6-5-7-18(14-15)22-21(24(33)29-20-8-3-4-13-27-20)16(2)28-25-30-23(31-32(22)25)17-9-11-19(26)12-10-17/h3-14,22H,1-2H3,(H,27,29,33)(H,28,30,31). The van der Waals surface area contributed by atoms with Crippen LogP contribution in [0.15, 0.2) is 84.2 Å². The Morgan fingerprint density at radius 2 is 1.88 bits per heavy atom. The van der Waals surface area contributed by atoms with Crippen LogP contribution in [0.1, 0.15) is 24.1 Å². The van der Waals surface area contributed by atoms with Crippen LogP contribution in [0, 0.1) is 12.7 Å². The van der Waals surface area contributed by atoms with E-state index in [0.717, 1.165) is 11.1 Å². The Kier molecular flexibility index (Phi) is 5.18. The first-order valence-electron chi connectivity index (χ1n) is 10.5.